The predicted octanol–water partition coefficient (Wildman–Crippen LogP) is 0.876. The first-order chi connectivity index (χ1) is 13.9. The molecule has 0 aromatic heterocycles. The van der Waals surface area contributed by atoms with Gasteiger partial charge in [0, 0.05) is 0 Å². The summed E-state index contributed by atoms with van der Waals surface area (Å²) in [7, 11) is 0. The van der Waals surface area contributed by atoms with Gasteiger partial charge in [0.05, 0.1) is 0 Å². The van der Waals surface area contributed by atoms with E-state index in [0.29, 0.717) is 0 Å². The van der Waals surface area contributed by atoms with Crippen LogP contribution in [-0.4, -0.2) is 0 Å². The van der Waals surface area contributed by atoms with E-state index in [0.717, 1.165) is 6.42 Å². The zero-order valence-electron chi connectivity index (χ0n) is 18.0. The summed E-state index contributed by atoms with van der Waals surface area (Å²) in [6.07, 6.45) is 0.722. The molecule has 0 N–H and O–H groups in total. The van der Waals surface area contributed by atoms with E-state index in [-0.39, 0.29) is 43.1 Å². The van der Waals surface area contributed by atoms with Gasteiger partial charge in [0.25, 0.3) is 0 Å². The van der Waals surface area contributed by atoms with Gasteiger partial charge in [-0.1, -0.05) is 103 Å². The molecule has 0 aliphatic carbocycles. The summed E-state index contributed by atoms with van der Waals surface area (Å²) in [6, 6.07) is 43.0. The third kappa shape index (κ3) is 4.65. The van der Waals surface area contributed by atoms with Gasteiger partial charge in [0.1, 0.15) is 0 Å². The third-order valence-corrected chi connectivity index (χ3v) is 5.46. The van der Waals surface area contributed by atoms with Gasteiger partial charge in [-0.25, -0.2) is 0 Å². The molecule has 4 aromatic rings. The Hall–Kier alpha value is -2.06. The van der Waals surface area contributed by atoms with E-state index in [4.69, 9.17) is 0 Å². The Labute approximate surface area is 205 Å². The fourth-order valence-corrected chi connectivity index (χ4v) is 4.18. The molecule has 0 saturated carbocycles. The Morgan fingerprint density at radius 2 is 0.800 bits per heavy atom. The van der Waals surface area contributed by atoms with Crippen molar-refractivity contribution in [2.45, 2.75) is 11.8 Å². The fraction of sp³-hybridized carbons (Fsp3) is 0.0714. The van der Waals surface area contributed by atoms with Crippen molar-refractivity contribution in [2.24, 2.45) is 0 Å². The third-order valence-electron chi connectivity index (χ3n) is 5.46. The monoisotopic (exact) mass is 374 g/mol. The van der Waals surface area contributed by atoms with Gasteiger partial charge in [-0.2, -0.15) is 6.42 Å². The Bertz CT molecular complexity index is 905. The van der Waals surface area contributed by atoms with E-state index in [9.17, 15) is 0 Å². The fourth-order valence-electron chi connectivity index (χ4n) is 4.18. The molecule has 0 saturated heterocycles. The van der Waals surface area contributed by atoms with E-state index in [1.54, 1.807) is 0 Å². The van der Waals surface area contributed by atoms with E-state index >= 15 is 0 Å². The smallest absolute Gasteiger partial charge is 0.342 e. The molecular weight excluding hydrogens is 350 g/mol. The molecule has 0 heterocycles. The summed E-state index contributed by atoms with van der Waals surface area (Å²) >= 11 is 0. The average molecular weight is 374 g/mol. The van der Waals surface area contributed by atoms with Crippen molar-refractivity contribution in [2.75, 3.05) is 0 Å². The Balaban J connectivity index is 0.00000160. The van der Waals surface area contributed by atoms with Crippen LogP contribution < -0.4 is 37.7 Å². The predicted molar refractivity (Wildman–Crippen MR) is 118 cm³/mol. The molecule has 2 heteroatoms. The van der Waals surface area contributed by atoms with Crippen LogP contribution in [0.25, 0.3) is 0 Å². The zero-order chi connectivity index (χ0) is 19.2. The van der Waals surface area contributed by atoms with Gasteiger partial charge in [0.15, 0.2) is 0 Å². The largest absolute Gasteiger partial charge is 1.00 e. The maximum absolute atomic E-state index is 4.46. The first-order valence-corrected chi connectivity index (χ1v) is 9.75. The summed E-state index contributed by atoms with van der Waals surface area (Å²) in [5.74, 6) is 1.29. The van der Waals surface area contributed by atoms with Crippen LogP contribution in [0.15, 0.2) is 121 Å². The van der Waals surface area contributed by atoms with Crippen molar-refractivity contribution < 1.29 is 37.7 Å². The minimum atomic E-state index is -0.342. The molecule has 0 amide bonds. The summed E-state index contributed by atoms with van der Waals surface area (Å²) in [5.41, 5.74) is 4.64. The van der Waals surface area contributed by atoms with Crippen molar-refractivity contribution in [3.8, 4) is 0 Å². The van der Waals surface area contributed by atoms with Crippen LogP contribution in [0.2, 0.25) is 0 Å². The van der Waals surface area contributed by atoms with Crippen LogP contribution in [0.1, 0.15) is 28.7 Å². The summed E-state index contributed by atoms with van der Waals surface area (Å²) in [6.45, 7) is 4.46. The first kappa shape index (κ1) is 24.2. The second-order valence-electron chi connectivity index (χ2n) is 6.99. The average Bonchev–Trinajstić information content (AvgIpc) is 2.80. The Morgan fingerprint density at radius 3 is 1.10 bits per heavy atom. The molecule has 0 nitrogen and oxygen atoms in total. The molecule has 0 radical (unpaired) electrons. The quantitative estimate of drug-likeness (QED) is 0.347. The number of hydrogen-bond donors (Lipinski definition) is 0. The van der Waals surface area contributed by atoms with Crippen LogP contribution in [0, 0.1) is 12.8 Å². The molecule has 0 bridgehead atoms. The van der Waals surface area contributed by atoms with Gasteiger partial charge >= 0.3 is 37.7 Å². The number of hydrogen-bond acceptors (Lipinski definition) is 0. The Kier molecular flexibility index (Phi) is 9.18. The molecule has 4 rings (SSSR count). The van der Waals surface area contributed by atoms with Gasteiger partial charge in [-0.15, -0.1) is 35.4 Å². The van der Waals surface area contributed by atoms with Crippen LogP contribution in [0.4, 0.5) is 0 Å². The summed E-state index contributed by atoms with van der Waals surface area (Å²) in [4.78, 5) is 0. The topological polar surface area (TPSA) is 0 Å². The minimum Gasteiger partial charge on any atom is -0.342 e. The normalized spacial score (nSPS) is 10.4. The Morgan fingerprint density at radius 1 is 0.500 bits per heavy atom. The maximum Gasteiger partial charge on any atom is 1.00 e. The van der Waals surface area contributed by atoms with E-state index in [1.807, 2.05) is 0 Å². The van der Waals surface area contributed by atoms with Crippen molar-refractivity contribution in [1.82, 2.24) is 0 Å². The zero-order valence-corrected chi connectivity index (χ0v) is 18.0. The van der Waals surface area contributed by atoms with Crippen molar-refractivity contribution in [3.63, 3.8) is 0 Å². The summed E-state index contributed by atoms with van der Waals surface area (Å²) < 4.78 is 0. The first-order valence-electron chi connectivity index (χ1n) is 9.75. The van der Waals surface area contributed by atoms with Gasteiger partial charge in [-0.05, 0) is 16.5 Å². The van der Waals surface area contributed by atoms with Crippen molar-refractivity contribution in [3.05, 3.63) is 156 Å². The number of benzene rings is 4. The van der Waals surface area contributed by atoms with E-state index < -0.39 is 0 Å². The van der Waals surface area contributed by atoms with Gasteiger partial charge < -0.3 is 6.92 Å². The van der Waals surface area contributed by atoms with Crippen LogP contribution in [0.3, 0.4) is 0 Å². The van der Waals surface area contributed by atoms with E-state index in [1.165, 1.54) is 28.2 Å². The SMILES string of the molecule is [CH2-]CC(c1ccccc1)(c1ccccc1)[C-](c1ccccc1)c1ccccc1.[Li+].[Li+]. The second kappa shape index (κ2) is 11.4. The molecule has 138 valence electrons. The van der Waals surface area contributed by atoms with Crippen LogP contribution in [0.5, 0.6) is 0 Å². The molecule has 0 spiro atoms. The second-order valence-corrected chi connectivity index (χ2v) is 6.99. The molecule has 30 heavy (non-hydrogen) atoms. The van der Waals surface area contributed by atoms with E-state index in [2.05, 4.69) is 128 Å². The molecule has 0 aliphatic rings. The van der Waals surface area contributed by atoms with Crippen molar-refractivity contribution >= 4 is 0 Å². The number of rotatable bonds is 6. The van der Waals surface area contributed by atoms with Gasteiger partial charge in [0.2, 0.25) is 0 Å². The minimum absolute atomic E-state index is 0. The van der Waals surface area contributed by atoms with Crippen LogP contribution >= 0.6 is 0 Å². The molecule has 0 fully saturated rings. The molecule has 4 aromatic carbocycles. The van der Waals surface area contributed by atoms with Gasteiger partial charge in [-0.3, -0.25) is 0 Å². The maximum atomic E-state index is 4.46. The molecular formula is C28H24Li2. The van der Waals surface area contributed by atoms with Crippen molar-refractivity contribution in [1.29, 1.82) is 0 Å². The molecule has 0 aliphatic heterocycles. The van der Waals surface area contributed by atoms with Crippen LogP contribution in [-0.2, 0) is 5.41 Å². The summed E-state index contributed by atoms with van der Waals surface area (Å²) in [5, 5.41) is 0. The molecule has 0 atom stereocenters. The molecule has 0 unspecified atom stereocenters. The standard InChI is InChI=1S/C28H24.2Li/c1-2-28(25-19-11-5-12-20-25,26-21-13-6-14-22-26)27(23-15-7-3-8-16-23)24-17-9-4-10-18-24;;/h3-22H,1-2H2;;/q-2;2*+1.